The molecule has 0 spiro atoms. The van der Waals surface area contributed by atoms with Crippen molar-refractivity contribution in [3.63, 3.8) is 0 Å². The van der Waals surface area contributed by atoms with E-state index in [1.54, 1.807) is 17.4 Å². The van der Waals surface area contributed by atoms with Gasteiger partial charge in [-0.05, 0) is 36.8 Å². The highest BCUT2D eigenvalue weighted by Gasteiger charge is 2.43. The molecule has 2 fully saturated rings. The summed E-state index contributed by atoms with van der Waals surface area (Å²) < 4.78 is 0. The minimum absolute atomic E-state index is 0.159. The third kappa shape index (κ3) is 2.10. The first-order valence-electron chi connectivity index (χ1n) is 6.50. The number of carbonyl (C=O) groups excluding carboxylic acids is 1. The maximum absolute atomic E-state index is 12.3. The molecular formula is C14H18N2OS. The Morgan fingerprint density at radius 3 is 3.22 bits per heavy atom. The first kappa shape index (κ1) is 11.9. The van der Waals surface area contributed by atoms with E-state index in [-0.39, 0.29) is 5.91 Å². The minimum Gasteiger partial charge on any atom is -0.332 e. The number of thiophene rings is 1. The number of amides is 1. The van der Waals surface area contributed by atoms with Crippen LogP contribution in [-0.4, -0.2) is 36.0 Å². The first-order chi connectivity index (χ1) is 8.75. The van der Waals surface area contributed by atoms with Gasteiger partial charge < -0.3 is 10.2 Å². The van der Waals surface area contributed by atoms with Gasteiger partial charge in [0.05, 0.1) is 0 Å². The second kappa shape index (κ2) is 4.86. The van der Waals surface area contributed by atoms with Crippen LogP contribution in [0.2, 0.25) is 0 Å². The number of fused-ring (bicyclic) bond motifs is 1. The zero-order valence-electron chi connectivity index (χ0n) is 10.5. The largest absolute Gasteiger partial charge is 0.332 e. The summed E-state index contributed by atoms with van der Waals surface area (Å²) in [5, 5.41) is 5.41. The Balaban J connectivity index is 1.72. The molecule has 0 bridgehead atoms. The Kier molecular flexibility index (Phi) is 3.22. The molecule has 2 aliphatic rings. The second-order valence-corrected chi connectivity index (χ2v) is 6.14. The number of hydrogen-bond donors (Lipinski definition) is 1. The Morgan fingerprint density at radius 2 is 2.44 bits per heavy atom. The number of nitrogens with one attached hydrogen (secondary N) is 1. The van der Waals surface area contributed by atoms with Crippen LogP contribution >= 0.6 is 11.3 Å². The molecule has 2 aliphatic heterocycles. The highest BCUT2D eigenvalue weighted by Crippen LogP contribution is 2.32. The Hall–Kier alpha value is -1.13. The smallest absolute Gasteiger partial charge is 0.247 e. The molecular weight excluding hydrogens is 244 g/mol. The summed E-state index contributed by atoms with van der Waals surface area (Å²) >= 11 is 1.66. The van der Waals surface area contributed by atoms with E-state index in [2.05, 4.69) is 17.1 Å². The Morgan fingerprint density at radius 1 is 1.56 bits per heavy atom. The maximum Gasteiger partial charge on any atom is 0.247 e. The van der Waals surface area contributed by atoms with Gasteiger partial charge in [-0.2, -0.15) is 0 Å². The summed E-state index contributed by atoms with van der Waals surface area (Å²) in [6.07, 6.45) is 4.79. The van der Waals surface area contributed by atoms with Gasteiger partial charge in [-0.3, -0.25) is 4.79 Å². The molecule has 2 saturated heterocycles. The molecule has 3 heterocycles. The molecule has 1 aromatic heterocycles. The fourth-order valence-electron chi connectivity index (χ4n) is 3.17. The molecule has 1 aromatic rings. The van der Waals surface area contributed by atoms with Gasteiger partial charge in [-0.1, -0.05) is 6.07 Å². The van der Waals surface area contributed by atoms with Gasteiger partial charge in [0.15, 0.2) is 0 Å². The summed E-state index contributed by atoms with van der Waals surface area (Å²) in [4.78, 5) is 15.5. The van der Waals surface area contributed by atoms with E-state index in [1.807, 2.05) is 23.6 Å². The second-order valence-electron chi connectivity index (χ2n) is 5.16. The molecule has 18 heavy (non-hydrogen) atoms. The molecule has 1 N–H and O–H groups in total. The van der Waals surface area contributed by atoms with Crippen LogP contribution < -0.4 is 5.32 Å². The van der Waals surface area contributed by atoms with Crippen molar-refractivity contribution in [2.24, 2.45) is 5.92 Å². The summed E-state index contributed by atoms with van der Waals surface area (Å²) in [5.74, 6) is 0.811. The molecule has 1 amide bonds. The summed E-state index contributed by atoms with van der Waals surface area (Å²) in [6, 6.07) is 4.81. The van der Waals surface area contributed by atoms with Crippen molar-refractivity contribution in [1.82, 2.24) is 10.2 Å². The van der Waals surface area contributed by atoms with E-state index in [0.717, 1.165) is 24.4 Å². The maximum atomic E-state index is 12.3. The van der Waals surface area contributed by atoms with Crippen LogP contribution in [0.25, 0.3) is 6.08 Å². The lowest BCUT2D eigenvalue weighted by atomic mass is 10.0. The third-order valence-electron chi connectivity index (χ3n) is 3.97. The van der Waals surface area contributed by atoms with Crippen molar-refractivity contribution in [2.75, 3.05) is 13.1 Å². The highest BCUT2D eigenvalue weighted by molar-refractivity contribution is 7.10. The predicted molar refractivity (Wildman–Crippen MR) is 74.4 cm³/mol. The lowest BCUT2D eigenvalue weighted by Crippen LogP contribution is -2.41. The van der Waals surface area contributed by atoms with Crippen molar-refractivity contribution in [3.8, 4) is 0 Å². The molecule has 0 aliphatic carbocycles. The number of carbonyl (C=O) groups is 1. The molecule has 3 rings (SSSR count). The van der Waals surface area contributed by atoms with Gasteiger partial charge >= 0.3 is 0 Å². The van der Waals surface area contributed by atoms with Crippen LogP contribution in [0.4, 0.5) is 0 Å². The first-order valence-corrected chi connectivity index (χ1v) is 7.38. The van der Waals surface area contributed by atoms with Crippen LogP contribution in [0.15, 0.2) is 23.6 Å². The van der Waals surface area contributed by atoms with Crippen LogP contribution in [0.1, 0.15) is 18.2 Å². The van der Waals surface area contributed by atoms with Crippen LogP contribution in [-0.2, 0) is 4.79 Å². The Labute approximate surface area is 111 Å². The van der Waals surface area contributed by atoms with E-state index in [0.29, 0.717) is 18.0 Å². The fraction of sp³-hybridized carbons (Fsp3) is 0.500. The van der Waals surface area contributed by atoms with E-state index in [9.17, 15) is 4.79 Å². The van der Waals surface area contributed by atoms with E-state index >= 15 is 0 Å². The normalized spacial score (nSPS) is 31.2. The van der Waals surface area contributed by atoms with Gasteiger partial charge in [0.25, 0.3) is 0 Å². The van der Waals surface area contributed by atoms with E-state index in [1.165, 1.54) is 0 Å². The van der Waals surface area contributed by atoms with Crippen molar-refractivity contribution in [3.05, 3.63) is 28.5 Å². The van der Waals surface area contributed by atoms with Crippen molar-refractivity contribution >= 4 is 23.3 Å². The van der Waals surface area contributed by atoms with Crippen LogP contribution in [0, 0.1) is 5.92 Å². The number of nitrogens with zero attached hydrogens (tertiary/aromatic N) is 1. The number of hydrogen-bond acceptors (Lipinski definition) is 3. The summed E-state index contributed by atoms with van der Waals surface area (Å²) in [7, 11) is 0. The highest BCUT2D eigenvalue weighted by atomic mass is 32.1. The lowest BCUT2D eigenvalue weighted by molar-refractivity contribution is -0.128. The van der Waals surface area contributed by atoms with Crippen molar-refractivity contribution in [2.45, 2.75) is 25.4 Å². The van der Waals surface area contributed by atoms with Gasteiger partial charge in [0, 0.05) is 36.1 Å². The van der Waals surface area contributed by atoms with Gasteiger partial charge in [-0.15, -0.1) is 11.3 Å². The molecule has 3 nitrogen and oxygen atoms in total. The predicted octanol–water partition coefficient (Wildman–Crippen LogP) is 1.97. The topological polar surface area (TPSA) is 32.3 Å². The molecule has 3 unspecified atom stereocenters. The molecule has 0 aromatic carbocycles. The van der Waals surface area contributed by atoms with E-state index in [4.69, 9.17) is 0 Å². The number of rotatable bonds is 2. The molecule has 96 valence electrons. The zero-order valence-corrected chi connectivity index (χ0v) is 11.3. The molecule has 3 atom stereocenters. The van der Waals surface area contributed by atoms with Gasteiger partial charge in [0.2, 0.25) is 5.91 Å². The minimum atomic E-state index is 0.159. The lowest BCUT2D eigenvalue weighted by Gasteiger charge is -2.26. The molecule has 0 saturated carbocycles. The van der Waals surface area contributed by atoms with Crippen LogP contribution in [0.3, 0.4) is 0 Å². The average molecular weight is 262 g/mol. The standard InChI is InChI=1S/C14H18N2OS/c1-10-7-11-8-15-9-13(11)16(10)14(17)5-4-12-3-2-6-18-12/h2-6,10-11,13,15H,7-9H2,1H3/b5-4+. The quantitative estimate of drug-likeness (QED) is 0.827. The molecule has 4 heteroatoms. The van der Waals surface area contributed by atoms with Gasteiger partial charge in [-0.25, -0.2) is 0 Å². The fourth-order valence-corrected chi connectivity index (χ4v) is 3.79. The van der Waals surface area contributed by atoms with Crippen molar-refractivity contribution < 1.29 is 4.79 Å². The monoisotopic (exact) mass is 262 g/mol. The summed E-state index contributed by atoms with van der Waals surface area (Å²) in [6.45, 7) is 4.18. The van der Waals surface area contributed by atoms with Gasteiger partial charge in [0.1, 0.15) is 0 Å². The summed E-state index contributed by atoms with van der Waals surface area (Å²) in [5.41, 5.74) is 0. The third-order valence-corrected chi connectivity index (χ3v) is 4.81. The number of likely N-dealkylation sites (tertiary alicyclic amines) is 1. The Bertz CT molecular complexity index is 454. The van der Waals surface area contributed by atoms with Crippen LogP contribution in [0.5, 0.6) is 0 Å². The van der Waals surface area contributed by atoms with Crippen molar-refractivity contribution in [1.29, 1.82) is 0 Å². The van der Waals surface area contributed by atoms with E-state index < -0.39 is 0 Å². The SMILES string of the molecule is CC1CC2CNCC2N1C(=O)/C=C/c1cccs1. The average Bonchev–Trinajstić information content (AvgIpc) is 3.01. The zero-order chi connectivity index (χ0) is 12.5. The molecule has 0 radical (unpaired) electrons.